The number of halogens is 1. The molecule has 1 unspecified atom stereocenters. The first-order valence-corrected chi connectivity index (χ1v) is 6.18. The number of pyridine rings is 1. The van der Waals surface area contributed by atoms with Crippen molar-refractivity contribution in [2.75, 3.05) is 5.32 Å². The van der Waals surface area contributed by atoms with Crippen molar-refractivity contribution in [2.45, 2.75) is 12.5 Å². The third kappa shape index (κ3) is 3.04. The smallest absolute Gasteiger partial charge is 0.305 e. The SMILES string of the molecule is NC(CC(=O)O)C(=O)Nc1ccc(Cl)c2ncccc12. The maximum absolute atomic E-state index is 11.8. The van der Waals surface area contributed by atoms with Crippen molar-refractivity contribution < 1.29 is 14.7 Å². The number of fused-ring (bicyclic) bond motifs is 1. The molecule has 1 atom stereocenters. The van der Waals surface area contributed by atoms with Gasteiger partial charge in [0, 0.05) is 11.6 Å². The number of benzene rings is 1. The van der Waals surface area contributed by atoms with E-state index in [9.17, 15) is 9.59 Å². The predicted octanol–water partition coefficient (Wildman–Crippen LogP) is 1.63. The molecular weight excluding hydrogens is 282 g/mol. The molecule has 0 saturated heterocycles. The van der Waals surface area contributed by atoms with Crippen LogP contribution in [-0.2, 0) is 9.59 Å². The fourth-order valence-corrected chi connectivity index (χ4v) is 1.97. The number of carbonyl (C=O) groups excluding carboxylic acids is 1. The Hall–Kier alpha value is -2.18. The number of aliphatic carboxylic acids is 1. The molecule has 0 aliphatic carbocycles. The first-order valence-electron chi connectivity index (χ1n) is 5.80. The lowest BCUT2D eigenvalue weighted by Crippen LogP contribution is -2.37. The van der Waals surface area contributed by atoms with E-state index < -0.39 is 24.3 Å². The van der Waals surface area contributed by atoms with Gasteiger partial charge in [0.15, 0.2) is 0 Å². The van der Waals surface area contributed by atoms with Gasteiger partial charge in [-0.25, -0.2) is 0 Å². The molecule has 2 aromatic rings. The number of carbonyl (C=O) groups is 2. The van der Waals surface area contributed by atoms with Crippen LogP contribution in [0.4, 0.5) is 5.69 Å². The second-order valence-corrected chi connectivity index (χ2v) is 4.60. The van der Waals surface area contributed by atoms with E-state index in [0.29, 0.717) is 21.6 Å². The standard InChI is InChI=1S/C13H12ClN3O3/c14-8-3-4-10(7-2-1-5-16-12(7)8)17-13(20)9(15)6-11(18)19/h1-5,9H,6,15H2,(H,17,20)(H,18,19). The van der Waals surface area contributed by atoms with Crippen LogP contribution in [-0.4, -0.2) is 28.0 Å². The van der Waals surface area contributed by atoms with Crippen molar-refractivity contribution in [2.24, 2.45) is 5.73 Å². The molecule has 1 heterocycles. The summed E-state index contributed by atoms with van der Waals surface area (Å²) in [4.78, 5) is 26.5. The number of amides is 1. The van der Waals surface area contributed by atoms with Gasteiger partial charge in [-0.05, 0) is 24.3 Å². The summed E-state index contributed by atoms with van der Waals surface area (Å²) in [6.07, 6.45) is 1.16. The molecule has 1 aromatic carbocycles. The summed E-state index contributed by atoms with van der Waals surface area (Å²) in [5, 5.41) is 12.3. The fraction of sp³-hybridized carbons (Fsp3) is 0.154. The average molecular weight is 294 g/mol. The summed E-state index contributed by atoms with van der Waals surface area (Å²) >= 11 is 6.02. The van der Waals surface area contributed by atoms with E-state index in [1.807, 2.05) is 0 Å². The van der Waals surface area contributed by atoms with Gasteiger partial charge in [-0.3, -0.25) is 14.6 Å². The Kier molecular flexibility index (Phi) is 4.16. The zero-order valence-corrected chi connectivity index (χ0v) is 11.1. The summed E-state index contributed by atoms with van der Waals surface area (Å²) in [6.45, 7) is 0. The molecule has 0 radical (unpaired) electrons. The van der Waals surface area contributed by atoms with Crippen molar-refractivity contribution >= 4 is 40.1 Å². The number of nitrogens with two attached hydrogens (primary N) is 1. The number of rotatable bonds is 4. The molecule has 20 heavy (non-hydrogen) atoms. The highest BCUT2D eigenvalue weighted by Gasteiger charge is 2.18. The van der Waals surface area contributed by atoms with Crippen LogP contribution in [0, 0.1) is 0 Å². The molecule has 6 nitrogen and oxygen atoms in total. The van der Waals surface area contributed by atoms with E-state index in [1.54, 1.807) is 30.5 Å². The third-order valence-corrected chi connectivity index (χ3v) is 3.01. The third-order valence-electron chi connectivity index (χ3n) is 2.71. The first kappa shape index (κ1) is 14.2. The zero-order valence-electron chi connectivity index (χ0n) is 10.3. The maximum Gasteiger partial charge on any atom is 0.305 e. The first-order chi connectivity index (χ1) is 9.49. The van der Waals surface area contributed by atoms with Gasteiger partial charge in [0.05, 0.1) is 28.7 Å². The highest BCUT2D eigenvalue weighted by molar-refractivity contribution is 6.35. The zero-order chi connectivity index (χ0) is 14.7. The van der Waals surface area contributed by atoms with Gasteiger partial charge < -0.3 is 16.2 Å². The average Bonchev–Trinajstić information content (AvgIpc) is 2.41. The minimum absolute atomic E-state index is 0.435. The van der Waals surface area contributed by atoms with Crippen LogP contribution < -0.4 is 11.1 Å². The Labute approximate surface area is 119 Å². The van der Waals surface area contributed by atoms with Gasteiger partial charge in [-0.15, -0.1) is 0 Å². The molecule has 104 valence electrons. The number of carboxylic acid groups (broad SMARTS) is 1. The molecule has 0 spiro atoms. The summed E-state index contributed by atoms with van der Waals surface area (Å²) in [5.74, 6) is -1.70. The Bertz CT molecular complexity index is 675. The number of nitrogens with zero attached hydrogens (tertiary/aromatic N) is 1. The molecule has 4 N–H and O–H groups in total. The monoisotopic (exact) mass is 293 g/mol. The van der Waals surface area contributed by atoms with Crippen molar-refractivity contribution in [3.8, 4) is 0 Å². The maximum atomic E-state index is 11.8. The fourth-order valence-electron chi connectivity index (χ4n) is 1.75. The number of anilines is 1. The summed E-state index contributed by atoms with van der Waals surface area (Å²) < 4.78 is 0. The van der Waals surface area contributed by atoms with E-state index in [0.717, 1.165) is 0 Å². The lowest BCUT2D eigenvalue weighted by molar-refractivity contribution is -0.138. The van der Waals surface area contributed by atoms with Gasteiger partial charge in [-0.2, -0.15) is 0 Å². The lowest BCUT2D eigenvalue weighted by Gasteiger charge is -2.12. The van der Waals surface area contributed by atoms with Crippen LogP contribution in [0.1, 0.15) is 6.42 Å². The van der Waals surface area contributed by atoms with E-state index >= 15 is 0 Å². The van der Waals surface area contributed by atoms with Gasteiger partial charge in [-0.1, -0.05) is 11.6 Å². The molecule has 0 aliphatic heterocycles. The Morgan fingerprint density at radius 2 is 2.15 bits per heavy atom. The molecule has 0 fully saturated rings. The minimum Gasteiger partial charge on any atom is -0.481 e. The molecule has 0 aliphatic rings. The molecule has 0 bridgehead atoms. The van der Waals surface area contributed by atoms with Gasteiger partial charge in [0.1, 0.15) is 0 Å². The van der Waals surface area contributed by atoms with Crippen molar-refractivity contribution in [3.05, 3.63) is 35.5 Å². The van der Waals surface area contributed by atoms with E-state index in [2.05, 4.69) is 10.3 Å². The van der Waals surface area contributed by atoms with Gasteiger partial charge >= 0.3 is 5.97 Å². The molecule has 1 aromatic heterocycles. The minimum atomic E-state index is -1.13. The second-order valence-electron chi connectivity index (χ2n) is 4.19. The summed E-state index contributed by atoms with van der Waals surface area (Å²) in [5.41, 5.74) is 6.55. The highest BCUT2D eigenvalue weighted by atomic mass is 35.5. The number of hydrogen-bond acceptors (Lipinski definition) is 4. The number of hydrogen-bond donors (Lipinski definition) is 3. The van der Waals surface area contributed by atoms with Crippen molar-refractivity contribution in [1.82, 2.24) is 4.98 Å². The molecular formula is C13H12ClN3O3. The van der Waals surface area contributed by atoms with E-state index in [1.165, 1.54) is 0 Å². The second kappa shape index (κ2) is 5.85. The van der Waals surface area contributed by atoms with Crippen LogP contribution in [0.25, 0.3) is 10.9 Å². The quantitative estimate of drug-likeness (QED) is 0.794. The molecule has 7 heteroatoms. The van der Waals surface area contributed by atoms with Crippen molar-refractivity contribution in [1.29, 1.82) is 0 Å². The van der Waals surface area contributed by atoms with Crippen LogP contribution in [0.3, 0.4) is 0 Å². The summed E-state index contributed by atoms with van der Waals surface area (Å²) in [7, 11) is 0. The van der Waals surface area contributed by atoms with Gasteiger partial charge in [0.25, 0.3) is 0 Å². The van der Waals surface area contributed by atoms with Crippen LogP contribution in [0.2, 0.25) is 5.02 Å². The molecule has 1 amide bonds. The van der Waals surface area contributed by atoms with E-state index in [-0.39, 0.29) is 0 Å². The number of aromatic nitrogens is 1. The topological polar surface area (TPSA) is 105 Å². The molecule has 0 saturated carbocycles. The lowest BCUT2D eigenvalue weighted by atomic mass is 10.1. The number of nitrogens with one attached hydrogen (secondary N) is 1. The summed E-state index contributed by atoms with van der Waals surface area (Å²) in [6, 6.07) is 5.58. The highest BCUT2D eigenvalue weighted by Crippen LogP contribution is 2.28. The van der Waals surface area contributed by atoms with E-state index in [4.69, 9.17) is 22.4 Å². The number of carboxylic acids is 1. The Morgan fingerprint density at radius 1 is 1.40 bits per heavy atom. The van der Waals surface area contributed by atoms with Crippen LogP contribution in [0.15, 0.2) is 30.5 Å². The largest absolute Gasteiger partial charge is 0.481 e. The Balaban J connectivity index is 2.28. The normalized spacial score (nSPS) is 12.1. The Morgan fingerprint density at radius 3 is 2.85 bits per heavy atom. The predicted molar refractivity (Wildman–Crippen MR) is 75.6 cm³/mol. The van der Waals surface area contributed by atoms with Crippen LogP contribution in [0.5, 0.6) is 0 Å². The van der Waals surface area contributed by atoms with Gasteiger partial charge in [0.2, 0.25) is 5.91 Å². The van der Waals surface area contributed by atoms with Crippen molar-refractivity contribution in [3.63, 3.8) is 0 Å². The van der Waals surface area contributed by atoms with Crippen LogP contribution >= 0.6 is 11.6 Å². The molecule has 2 rings (SSSR count).